The highest BCUT2D eigenvalue weighted by Crippen LogP contribution is 2.32. The van der Waals surface area contributed by atoms with E-state index in [4.69, 9.17) is 0 Å². The third-order valence-corrected chi connectivity index (χ3v) is 5.84. The molecule has 1 aromatic rings. The van der Waals surface area contributed by atoms with E-state index in [2.05, 4.69) is 51.1 Å². The normalized spacial score (nSPS) is 12.9. The molecule has 0 aliphatic rings. The molecule has 1 rings (SSSR count). The lowest BCUT2D eigenvalue weighted by molar-refractivity contribution is -0.117. The van der Waals surface area contributed by atoms with Crippen LogP contribution in [0.25, 0.3) is 0 Å². The van der Waals surface area contributed by atoms with Crippen molar-refractivity contribution in [1.29, 1.82) is 0 Å². The summed E-state index contributed by atoms with van der Waals surface area (Å²) in [4.78, 5) is 11.6. The summed E-state index contributed by atoms with van der Waals surface area (Å²) in [5.41, 5.74) is 1.13. The molecule has 0 radical (unpaired) electrons. The molecule has 0 spiro atoms. The molecule has 1 aromatic carbocycles. The fraction of sp³-hybridized carbons (Fsp3) is 0.720. The first-order valence-electron chi connectivity index (χ1n) is 11.1. The number of hydrogen-bond donors (Lipinski definition) is 0. The van der Waals surface area contributed by atoms with Gasteiger partial charge in [-0.15, -0.1) is 0 Å². The second-order valence-corrected chi connectivity index (χ2v) is 8.65. The molecule has 1 heteroatoms. The highest BCUT2D eigenvalue weighted by Gasteiger charge is 2.28. The van der Waals surface area contributed by atoms with E-state index in [1.165, 1.54) is 82.5 Å². The van der Waals surface area contributed by atoms with E-state index in [1.807, 2.05) is 0 Å². The van der Waals surface area contributed by atoms with Gasteiger partial charge in [0.05, 0.1) is 0 Å². The number of aldehydes is 1. The molecule has 1 unspecified atom stereocenters. The van der Waals surface area contributed by atoms with Crippen LogP contribution >= 0.6 is 0 Å². The number of unbranched alkanes of at least 4 members (excludes halogenated alkanes) is 10. The van der Waals surface area contributed by atoms with Crippen LogP contribution in [0.1, 0.15) is 103 Å². The Morgan fingerprint density at radius 2 is 1.31 bits per heavy atom. The molecule has 1 nitrogen and oxygen atoms in total. The Labute approximate surface area is 163 Å². The molecule has 0 aliphatic carbocycles. The summed E-state index contributed by atoms with van der Waals surface area (Å²) in [6.07, 6.45) is 18.5. The minimum Gasteiger partial charge on any atom is -0.303 e. The van der Waals surface area contributed by atoms with E-state index < -0.39 is 0 Å². The van der Waals surface area contributed by atoms with E-state index in [1.54, 1.807) is 0 Å². The summed E-state index contributed by atoms with van der Waals surface area (Å²) in [6.45, 7) is 6.49. The highest BCUT2D eigenvalue weighted by atomic mass is 16.1. The first kappa shape index (κ1) is 22.9. The maximum absolute atomic E-state index is 11.6. The van der Waals surface area contributed by atoms with Crippen LogP contribution in [0.5, 0.6) is 0 Å². The van der Waals surface area contributed by atoms with Crippen molar-refractivity contribution in [3.8, 4) is 0 Å². The van der Waals surface area contributed by atoms with Crippen LogP contribution in [0, 0.1) is 11.3 Å². The summed E-state index contributed by atoms with van der Waals surface area (Å²) in [7, 11) is 0. The molecule has 0 bridgehead atoms. The first-order valence-corrected chi connectivity index (χ1v) is 11.1. The predicted molar refractivity (Wildman–Crippen MR) is 115 cm³/mol. The van der Waals surface area contributed by atoms with E-state index in [9.17, 15) is 4.79 Å². The largest absolute Gasteiger partial charge is 0.303 e. The van der Waals surface area contributed by atoms with Gasteiger partial charge in [-0.25, -0.2) is 0 Å². The summed E-state index contributed by atoms with van der Waals surface area (Å²) >= 11 is 0. The Morgan fingerprint density at radius 1 is 0.808 bits per heavy atom. The molecule has 0 aromatic heterocycles. The lowest BCUT2D eigenvalue weighted by Gasteiger charge is -2.29. The van der Waals surface area contributed by atoms with E-state index in [0.29, 0.717) is 5.92 Å². The average molecular weight is 359 g/mol. The topological polar surface area (TPSA) is 17.1 Å². The molecule has 1 atom stereocenters. The van der Waals surface area contributed by atoms with Gasteiger partial charge in [0.1, 0.15) is 6.29 Å². The molecule has 0 aliphatic heterocycles. The van der Waals surface area contributed by atoms with Gasteiger partial charge in [0.15, 0.2) is 0 Å². The lowest BCUT2D eigenvalue weighted by Crippen LogP contribution is -2.27. The quantitative estimate of drug-likeness (QED) is 0.218. The standard InChI is InChI=1S/C25H42O/c1-4-5-6-7-8-9-10-11-12-13-17-20-24(25(2,3)22-26)21-23-18-15-14-16-19-23/h14-16,18-19,22,24H,4-13,17,20-21H2,1-3H3. The van der Waals surface area contributed by atoms with Crippen LogP contribution in [-0.4, -0.2) is 6.29 Å². The number of benzene rings is 1. The Bertz CT molecular complexity index is 448. The zero-order valence-electron chi connectivity index (χ0n) is 17.6. The van der Waals surface area contributed by atoms with Crippen molar-refractivity contribution in [2.75, 3.05) is 0 Å². The number of rotatable bonds is 16. The van der Waals surface area contributed by atoms with Crippen molar-refractivity contribution in [3.63, 3.8) is 0 Å². The van der Waals surface area contributed by atoms with Crippen molar-refractivity contribution in [2.45, 2.75) is 104 Å². The second kappa shape index (κ2) is 14.0. The smallest absolute Gasteiger partial charge is 0.125 e. The Morgan fingerprint density at radius 3 is 1.81 bits per heavy atom. The van der Waals surface area contributed by atoms with Crippen molar-refractivity contribution in [3.05, 3.63) is 35.9 Å². The van der Waals surface area contributed by atoms with Crippen LogP contribution in [-0.2, 0) is 11.2 Å². The molecule has 0 saturated carbocycles. The Balaban J connectivity index is 2.19. The molecule has 26 heavy (non-hydrogen) atoms. The summed E-state index contributed by atoms with van der Waals surface area (Å²) in [5.74, 6) is 0.445. The maximum Gasteiger partial charge on any atom is 0.125 e. The molecule has 0 fully saturated rings. The Kier molecular flexibility index (Phi) is 12.4. The molecular formula is C25H42O. The van der Waals surface area contributed by atoms with Crippen LogP contribution < -0.4 is 0 Å². The molecule has 0 saturated heterocycles. The van der Waals surface area contributed by atoms with Crippen LogP contribution in [0.15, 0.2) is 30.3 Å². The van der Waals surface area contributed by atoms with Gasteiger partial charge >= 0.3 is 0 Å². The molecule has 148 valence electrons. The third-order valence-electron chi connectivity index (χ3n) is 5.84. The zero-order valence-corrected chi connectivity index (χ0v) is 17.6. The van der Waals surface area contributed by atoms with Crippen molar-refractivity contribution in [1.82, 2.24) is 0 Å². The molecule has 0 heterocycles. The lowest BCUT2D eigenvalue weighted by atomic mass is 9.74. The van der Waals surface area contributed by atoms with Gasteiger partial charge in [-0.3, -0.25) is 0 Å². The van der Waals surface area contributed by atoms with Gasteiger partial charge < -0.3 is 4.79 Å². The van der Waals surface area contributed by atoms with Gasteiger partial charge in [0.25, 0.3) is 0 Å². The monoisotopic (exact) mass is 358 g/mol. The van der Waals surface area contributed by atoms with Crippen LogP contribution in [0.2, 0.25) is 0 Å². The second-order valence-electron chi connectivity index (χ2n) is 8.65. The minimum absolute atomic E-state index is 0.228. The minimum atomic E-state index is -0.228. The summed E-state index contributed by atoms with van der Waals surface area (Å²) in [5, 5.41) is 0. The molecule has 0 N–H and O–H groups in total. The maximum atomic E-state index is 11.6. The van der Waals surface area contributed by atoms with Gasteiger partial charge in [0, 0.05) is 5.41 Å². The fourth-order valence-electron chi connectivity index (χ4n) is 3.79. The van der Waals surface area contributed by atoms with Crippen molar-refractivity contribution < 1.29 is 4.79 Å². The van der Waals surface area contributed by atoms with Gasteiger partial charge in [-0.2, -0.15) is 0 Å². The Hall–Kier alpha value is -1.11. The third kappa shape index (κ3) is 10.1. The number of carbonyl (C=O) groups excluding carboxylic acids is 1. The number of carbonyl (C=O) groups is 1. The summed E-state index contributed by atoms with van der Waals surface area (Å²) < 4.78 is 0. The molecule has 0 amide bonds. The van der Waals surface area contributed by atoms with E-state index in [-0.39, 0.29) is 5.41 Å². The van der Waals surface area contributed by atoms with Crippen LogP contribution in [0.3, 0.4) is 0 Å². The van der Waals surface area contributed by atoms with E-state index in [0.717, 1.165) is 12.8 Å². The fourth-order valence-corrected chi connectivity index (χ4v) is 3.79. The van der Waals surface area contributed by atoms with Gasteiger partial charge in [0.2, 0.25) is 0 Å². The van der Waals surface area contributed by atoms with E-state index >= 15 is 0 Å². The number of hydrogen-bond acceptors (Lipinski definition) is 1. The highest BCUT2D eigenvalue weighted by molar-refractivity contribution is 5.58. The first-order chi connectivity index (χ1) is 12.6. The average Bonchev–Trinajstić information content (AvgIpc) is 2.66. The molecular weight excluding hydrogens is 316 g/mol. The van der Waals surface area contributed by atoms with Crippen molar-refractivity contribution in [2.24, 2.45) is 11.3 Å². The van der Waals surface area contributed by atoms with Crippen molar-refractivity contribution >= 4 is 6.29 Å². The van der Waals surface area contributed by atoms with Gasteiger partial charge in [-0.05, 0) is 24.3 Å². The predicted octanol–water partition coefficient (Wildman–Crippen LogP) is 7.77. The SMILES string of the molecule is CCCCCCCCCCCCCC(Cc1ccccc1)C(C)(C)C=O. The van der Waals surface area contributed by atoms with Crippen LogP contribution in [0.4, 0.5) is 0 Å². The summed E-state index contributed by atoms with van der Waals surface area (Å²) in [6, 6.07) is 10.6. The van der Waals surface area contributed by atoms with Gasteiger partial charge in [-0.1, -0.05) is 122 Å². The zero-order chi connectivity index (χ0) is 19.1.